The van der Waals surface area contributed by atoms with Crippen molar-refractivity contribution < 1.29 is 13.2 Å². The Morgan fingerprint density at radius 1 is 1.40 bits per heavy atom. The van der Waals surface area contributed by atoms with Crippen molar-refractivity contribution in [2.75, 3.05) is 17.3 Å². The molecule has 7 heteroatoms. The monoisotopic (exact) mass is 293 g/mol. The molecular weight excluding hydrogens is 278 g/mol. The van der Waals surface area contributed by atoms with E-state index in [1.165, 1.54) is 0 Å². The summed E-state index contributed by atoms with van der Waals surface area (Å²) in [6, 6.07) is 7.24. The highest BCUT2D eigenvalue weighted by molar-refractivity contribution is 7.90. The van der Waals surface area contributed by atoms with Gasteiger partial charge in [0.05, 0.1) is 24.0 Å². The van der Waals surface area contributed by atoms with Gasteiger partial charge >= 0.3 is 0 Å². The zero-order valence-corrected chi connectivity index (χ0v) is 11.8. The molecule has 1 aromatic heterocycles. The summed E-state index contributed by atoms with van der Waals surface area (Å²) in [5, 5.41) is 2.68. The van der Waals surface area contributed by atoms with Crippen LogP contribution >= 0.6 is 0 Å². The van der Waals surface area contributed by atoms with Crippen LogP contribution in [0.15, 0.2) is 36.8 Å². The summed E-state index contributed by atoms with van der Waals surface area (Å²) in [6.07, 6.45) is 4.32. The minimum absolute atomic E-state index is 0.0485. The molecule has 2 rings (SSSR count). The van der Waals surface area contributed by atoms with E-state index in [-0.39, 0.29) is 18.1 Å². The molecule has 0 radical (unpaired) electrons. The Morgan fingerprint density at radius 3 is 2.85 bits per heavy atom. The van der Waals surface area contributed by atoms with Crippen molar-refractivity contribution in [3.63, 3.8) is 0 Å². The smallest absolute Gasteiger partial charge is 0.225 e. The Balaban J connectivity index is 2.03. The number of anilines is 1. The molecular formula is C13H15N3O3S. The molecule has 20 heavy (non-hydrogen) atoms. The number of carbonyl (C=O) groups excluding carboxylic acids is 1. The first-order valence-corrected chi connectivity index (χ1v) is 8.06. The highest BCUT2D eigenvalue weighted by Crippen LogP contribution is 2.20. The van der Waals surface area contributed by atoms with E-state index in [0.717, 1.165) is 17.5 Å². The number of carbonyl (C=O) groups is 1. The second-order valence-corrected chi connectivity index (χ2v) is 6.73. The first-order valence-electron chi connectivity index (χ1n) is 6.00. The summed E-state index contributed by atoms with van der Waals surface area (Å²) in [5.41, 5.74) is 2.36. The minimum Gasteiger partial charge on any atom is -0.345 e. The van der Waals surface area contributed by atoms with Crippen LogP contribution in [0, 0.1) is 0 Å². The molecule has 0 saturated heterocycles. The van der Waals surface area contributed by atoms with Gasteiger partial charge in [-0.3, -0.25) is 4.79 Å². The average Bonchev–Trinajstić information content (AvgIpc) is 2.90. The van der Waals surface area contributed by atoms with Crippen LogP contribution < -0.4 is 5.32 Å². The Hall–Kier alpha value is -2.15. The van der Waals surface area contributed by atoms with Crippen molar-refractivity contribution in [2.45, 2.75) is 6.42 Å². The summed E-state index contributed by atoms with van der Waals surface area (Å²) < 4.78 is 22.0. The van der Waals surface area contributed by atoms with E-state index in [1.807, 2.05) is 12.1 Å². The third-order valence-electron chi connectivity index (χ3n) is 2.66. The largest absolute Gasteiger partial charge is 0.345 e. The number of nitrogens with one attached hydrogen (secondary N) is 2. The molecule has 0 unspecified atom stereocenters. The van der Waals surface area contributed by atoms with Crippen molar-refractivity contribution in [3.8, 4) is 11.3 Å². The summed E-state index contributed by atoms with van der Waals surface area (Å²) in [5.74, 6) is -0.476. The van der Waals surface area contributed by atoms with E-state index in [2.05, 4.69) is 15.3 Å². The van der Waals surface area contributed by atoms with Gasteiger partial charge in [-0.2, -0.15) is 0 Å². The van der Waals surface area contributed by atoms with Gasteiger partial charge in [0.2, 0.25) is 5.91 Å². The highest BCUT2D eigenvalue weighted by atomic mass is 32.2. The zero-order chi connectivity index (χ0) is 14.6. The molecule has 0 aliphatic rings. The van der Waals surface area contributed by atoms with Crippen LogP contribution in [0.2, 0.25) is 0 Å². The lowest BCUT2D eigenvalue weighted by Crippen LogP contribution is -2.16. The quantitative estimate of drug-likeness (QED) is 0.872. The fourth-order valence-electron chi connectivity index (χ4n) is 1.68. The topological polar surface area (TPSA) is 91.9 Å². The maximum Gasteiger partial charge on any atom is 0.225 e. The van der Waals surface area contributed by atoms with Crippen molar-refractivity contribution in [3.05, 3.63) is 36.8 Å². The van der Waals surface area contributed by atoms with Gasteiger partial charge in [-0.25, -0.2) is 13.4 Å². The zero-order valence-electron chi connectivity index (χ0n) is 11.0. The Bertz CT molecular complexity index is 693. The SMILES string of the molecule is CS(=O)(=O)CCC(=O)Nc1cccc(-c2cnc[nH]2)c1. The molecule has 0 saturated carbocycles. The number of rotatable bonds is 5. The summed E-state index contributed by atoms with van der Waals surface area (Å²) in [4.78, 5) is 18.6. The normalized spacial score (nSPS) is 11.2. The number of imidazole rings is 1. The molecule has 0 aliphatic carbocycles. The van der Waals surface area contributed by atoms with Gasteiger partial charge in [-0.1, -0.05) is 12.1 Å². The number of hydrogen-bond acceptors (Lipinski definition) is 4. The minimum atomic E-state index is -3.13. The standard InChI is InChI=1S/C13H15N3O3S/c1-20(18,19)6-5-13(17)16-11-4-2-3-10(7-11)12-8-14-9-15-12/h2-4,7-9H,5-6H2,1H3,(H,14,15)(H,16,17). The van der Waals surface area contributed by atoms with E-state index < -0.39 is 9.84 Å². The number of benzene rings is 1. The van der Waals surface area contributed by atoms with Crippen LogP contribution in [-0.2, 0) is 14.6 Å². The number of H-pyrrole nitrogens is 1. The Labute approximate surface area is 117 Å². The molecule has 1 aromatic carbocycles. The lowest BCUT2D eigenvalue weighted by atomic mass is 10.1. The number of aromatic nitrogens is 2. The van der Waals surface area contributed by atoms with Crippen LogP contribution in [-0.4, -0.2) is 36.3 Å². The molecule has 106 valence electrons. The first-order chi connectivity index (χ1) is 9.44. The van der Waals surface area contributed by atoms with Gasteiger partial charge in [0.1, 0.15) is 9.84 Å². The van der Waals surface area contributed by atoms with Crippen LogP contribution in [0.5, 0.6) is 0 Å². The van der Waals surface area contributed by atoms with Crippen LogP contribution in [0.1, 0.15) is 6.42 Å². The predicted octanol–water partition coefficient (Wildman–Crippen LogP) is 1.45. The number of hydrogen-bond donors (Lipinski definition) is 2. The molecule has 0 atom stereocenters. The fraction of sp³-hybridized carbons (Fsp3) is 0.231. The lowest BCUT2D eigenvalue weighted by Gasteiger charge is -2.06. The van der Waals surface area contributed by atoms with Crippen molar-refractivity contribution >= 4 is 21.4 Å². The number of sulfone groups is 1. The third-order valence-corrected chi connectivity index (χ3v) is 3.60. The summed E-state index contributed by atoms with van der Waals surface area (Å²) in [6.45, 7) is 0. The van der Waals surface area contributed by atoms with Gasteiger partial charge in [-0.15, -0.1) is 0 Å². The maximum atomic E-state index is 11.7. The number of nitrogens with zero attached hydrogens (tertiary/aromatic N) is 1. The molecule has 2 aromatic rings. The number of amides is 1. The summed E-state index contributed by atoms with van der Waals surface area (Å²) >= 11 is 0. The van der Waals surface area contributed by atoms with Crippen molar-refractivity contribution in [1.29, 1.82) is 0 Å². The van der Waals surface area contributed by atoms with E-state index in [1.54, 1.807) is 24.7 Å². The second kappa shape index (κ2) is 5.87. The van der Waals surface area contributed by atoms with Crippen LogP contribution in [0.4, 0.5) is 5.69 Å². The van der Waals surface area contributed by atoms with Gasteiger partial charge < -0.3 is 10.3 Å². The van der Waals surface area contributed by atoms with Crippen LogP contribution in [0.25, 0.3) is 11.3 Å². The fourth-order valence-corrected chi connectivity index (χ4v) is 2.24. The average molecular weight is 293 g/mol. The van der Waals surface area contributed by atoms with E-state index >= 15 is 0 Å². The summed E-state index contributed by atoms with van der Waals surface area (Å²) in [7, 11) is -3.13. The molecule has 1 amide bonds. The van der Waals surface area contributed by atoms with Crippen molar-refractivity contribution in [2.24, 2.45) is 0 Å². The third kappa shape index (κ3) is 4.20. The molecule has 2 N–H and O–H groups in total. The number of aromatic amines is 1. The van der Waals surface area contributed by atoms with E-state index in [0.29, 0.717) is 5.69 Å². The Kier molecular flexibility index (Phi) is 4.19. The van der Waals surface area contributed by atoms with Crippen molar-refractivity contribution in [1.82, 2.24) is 9.97 Å². The molecule has 0 spiro atoms. The van der Waals surface area contributed by atoms with E-state index in [4.69, 9.17) is 0 Å². The van der Waals surface area contributed by atoms with Gasteiger partial charge in [-0.05, 0) is 12.1 Å². The maximum absolute atomic E-state index is 11.7. The lowest BCUT2D eigenvalue weighted by molar-refractivity contribution is -0.115. The van der Waals surface area contributed by atoms with Gasteiger partial charge in [0.15, 0.2) is 0 Å². The molecule has 6 nitrogen and oxygen atoms in total. The highest BCUT2D eigenvalue weighted by Gasteiger charge is 2.08. The van der Waals surface area contributed by atoms with E-state index in [9.17, 15) is 13.2 Å². The van der Waals surface area contributed by atoms with Crippen LogP contribution in [0.3, 0.4) is 0 Å². The van der Waals surface area contributed by atoms with Gasteiger partial charge in [0.25, 0.3) is 0 Å². The molecule has 0 fully saturated rings. The second-order valence-electron chi connectivity index (χ2n) is 4.47. The molecule has 0 bridgehead atoms. The predicted molar refractivity (Wildman–Crippen MR) is 77.0 cm³/mol. The van der Waals surface area contributed by atoms with Gasteiger partial charge in [0, 0.05) is 23.9 Å². The Morgan fingerprint density at radius 2 is 2.20 bits per heavy atom. The molecule has 1 heterocycles. The molecule has 0 aliphatic heterocycles. The first kappa shape index (κ1) is 14.3.